The van der Waals surface area contributed by atoms with Crippen molar-refractivity contribution in [3.8, 4) is 0 Å². The molecule has 0 aromatic carbocycles. The van der Waals surface area contributed by atoms with Crippen molar-refractivity contribution in [3.05, 3.63) is 30.9 Å². The molecule has 1 fully saturated rings. The summed E-state index contributed by atoms with van der Waals surface area (Å²) in [6, 6.07) is -1.31. The molecule has 33 heavy (non-hydrogen) atoms. The maximum Gasteiger partial charge on any atom is 0.432 e. The fourth-order valence-electron chi connectivity index (χ4n) is 3.57. The Morgan fingerprint density at radius 2 is 2.06 bits per heavy atom. The van der Waals surface area contributed by atoms with Gasteiger partial charge in [-0.1, -0.05) is 0 Å². The number of aromatic nitrogens is 6. The Bertz CT molecular complexity index is 1180. The molecule has 1 aliphatic heterocycles. The molecule has 1 aliphatic rings. The molecule has 5 atom stereocenters. The first-order chi connectivity index (χ1) is 15.6. The monoisotopic (exact) mass is 483 g/mol. The predicted octanol–water partition coefficient (Wildman–Crippen LogP) is -2.76. The molecule has 16 nitrogen and oxygen atoms in total. The number of hydrogen-bond acceptors (Lipinski definition) is 11. The predicted molar refractivity (Wildman–Crippen MR) is 110 cm³/mol. The smallest absolute Gasteiger partial charge is 0.387 e. The van der Waals surface area contributed by atoms with E-state index in [0.717, 1.165) is 0 Å². The number of fused-ring (bicyclic) bond motifs is 1. The standard InChI is InChI=1S/C16H22N9O7P/c17-8(1-7-2-19-4-20-7)15(28)25(33(29,30)31)3-9-11(26)12(27)16(32-9)24-6-23-10-13(18)21-5-22-14(10)24/h2,4-6,8-9,11-12,16,26-27H,1,3,17H2,(H,19,20)(H2,18,21,22)(H2,29,30,31)/t8-,9+,11?,12?,16+/m0/s1. The molecule has 1 amide bonds. The SMILES string of the molecule is Nc1ncnc2c1ncn2[C@@H]1O[C@H](CN(C(=O)[C@@H](N)Cc2cnc[nH]2)P(=O)(O)O)C(O)C1O. The number of hydrogen-bond donors (Lipinski definition) is 7. The molecule has 4 rings (SSSR count). The fourth-order valence-corrected chi connectivity index (χ4v) is 4.35. The molecule has 0 saturated carbocycles. The van der Waals surface area contributed by atoms with Gasteiger partial charge in [0.25, 0.3) is 0 Å². The van der Waals surface area contributed by atoms with Crippen molar-refractivity contribution in [1.82, 2.24) is 34.2 Å². The summed E-state index contributed by atoms with van der Waals surface area (Å²) >= 11 is 0. The minimum atomic E-state index is -5.15. The highest BCUT2D eigenvalue weighted by atomic mass is 31.2. The van der Waals surface area contributed by atoms with Crippen LogP contribution in [0.5, 0.6) is 0 Å². The number of carbonyl (C=O) groups is 1. The molecule has 17 heteroatoms. The Morgan fingerprint density at radius 1 is 1.30 bits per heavy atom. The second-order valence-corrected chi connectivity index (χ2v) is 8.96. The number of nitrogen functional groups attached to an aromatic ring is 1. The average Bonchev–Trinajstić information content (AvgIpc) is 3.47. The lowest BCUT2D eigenvalue weighted by atomic mass is 10.1. The molecule has 1 saturated heterocycles. The van der Waals surface area contributed by atoms with E-state index in [1.165, 1.54) is 29.7 Å². The molecular weight excluding hydrogens is 461 g/mol. The zero-order chi connectivity index (χ0) is 23.9. The molecule has 0 aliphatic carbocycles. The first-order valence-electron chi connectivity index (χ1n) is 9.62. The third kappa shape index (κ3) is 4.45. The van der Waals surface area contributed by atoms with Crippen LogP contribution in [0.2, 0.25) is 0 Å². The van der Waals surface area contributed by atoms with Crippen molar-refractivity contribution < 1.29 is 34.1 Å². The number of ether oxygens (including phenoxy) is 1. The second kappa shape index (κ2) is 8.75. The number of imidazole rings is 2. The highest BCUT2D eigenvalue weighted by Crippen LogP contribution is 2.42. The van der Waals surface area contributed by atoms with E-state index in [1.54, 1.807) is 0 Å². The van der Waals surface area contributed by atoms with E-state index < -0.39 is 50.8 Å². The number of nitrogens with one attached hydrogen (secondary N) is 1. The van der Waals surface area contributed by atoms with Gasteiger partial charge in [-0.15, -0.1) is 0 Å². The van der Waals surface area contributed by atoms with Crippen LogP contribution < -0.4 is 11.5 Å². The number of carbonyl (C=O) groups excluding carboxylic acids is 1. The van der Waals surface area contributed by atoms with Crippen LogP contribution >= 0.6 is 7.75 Å². The molecule has 3 aromatic rings. The number of rotatable bonds is 7. The van der Waals surface area contributed by atoms with Gasteiger partial charge in [0.1, 0.15) is 30.2 Å². The Morgan fingerprint density at radius 3 is 2.73 bits per heavy atom. The number of H-pyrrole nitrogens is 1. The second-order valence-electron chi connectivity index (χ2n) is 7.45. The topological polar surface area (TPSA) is 252 Å². The van der Waals surface area contributed by atoms with Gasteiger partial charge in [0, 0.05) is 18.3 Å². The Balaban J connectivity index is 1.55. The van der Waals surface area contributed by atoms with Crippen LogP contribution in [0, 0.1) is 0 Å². The number of amides is 1. The largest absolute Gasteiger partial charge is 0.432 e. The van der Waals surface area contributed by atoms with Gasteiger partial charge in [-0.25, -0.2) is 29.2 Å². The Hall–Kier alpha value is -2.98. The third-order valence-electron chi connectivity index (χ3n) is 5.23. The molecule has 0 radical (unpaired) electrons. The molecular formula is C16H22N9O7P. The average molecular weight is 483 g/mol. The number of aliphatic hydroxyl groups is 2. The normalized spacial score (nSPS) is 24.3. The van der Waals surface area contributed by atoms with Gasteiger partial charge in [-0.05, 0) is 0 Å². The summed E-state index contributed by atoms with van der Waals surface area (Å²) in [7, 11) is -5.15. The molecule has 178 valence electrons. The number of anilines is 1. The quantitative estimate of drug-likeness (QED) is 0.168. The van der Waals surface area contributed by atoms with E-state index in [2.05, 4.69) is 24.9 Å². The van der Waals surface area contributed by atoms with Crippen LogP contribution in [0.15, 0.2) is 25.2 Å². The highest BCUT2D eigenvalue weighted by molar-refractivity contribution is 7.49. The minimum absolute atomic E-state index is 0.0587. The molecule has 3 aromatic heterocycles. The molecule has 4 heterocycles. The fraction of sp³-hybridized carbons (Fsp3) is 0.438. The summed E-state index contributed by atoms with van der Waals surface area (Å²) in [5.41, 5.74) is 12.5. The number of aliphatic hydroxyl groups excluding tert-OH is 2. The zero-order valence-corrected chi connectivity index (χ0v) is 17.8. The van der Waals surface area contributed by atoms with Gasteiger partial charge < -0.3 is 41.2 Å². The summed E-state index contributed by atoms with van der Waals surface area (Å²) in [4.78, 5) is 50.7. The van der Waals surface area contributed by atoms with Crippen molar-refractivity contribution in [1.29, 1.82) is 0 Å². The zero-order valence-electron chi connectivity index (χ0n) is 16.9. The van der Waals surface area contributed by atoms with Crippen molar-refractivity contribution in [2.45, 2.75) is 37.0 Å². The van der Waals surface area contributed by atoms with E-state index in [4.69, 9.17) is 16.2 Å². The maximum absolute atomic E-state index is 12.7. The van der Waals surface area contributed by atoms with Crippen LogP contribution in [0.3, 0.4) is 0 Å². The lowest BCUT2D eigenvalue weighted by Gasteiger charge is -2.29. The lowest BCUT2D eigenvalue weighted by molar-refractivity contribution is -0.131. The van der Waals surface area contributed by atoms with Crippen molar-refractivity contribution in [3.63, 3.8) is 0 Å². The number of aromatic amines is 1. The van der Waals surface area contributed by atoms with Crippen molar-refractivity contribution in [2.75, 3.05) is 12.3 Å². The summed E-state index contributed by atoms with van der Waals surface area (Å²) in [5, 5.41) is 21.0. The van der Waals surface area contributed by atoms with Crippen LogP contribution in [0.1, 0.15) is 11.9 Å². The Labute approximate surface area is 185 Å². The van der Waals surface area contributed by atoms with E-state index in [-0.39, 0.29) is 28.1 Å². The van der Waals surface area contributed by atoms with Crippen molar-refractivity contribution in [2.24, 2.45) is 5.73 Å². The summed E-state index contributed by atoms with van der Waals surface area (Å²) in [6.45, 7) is -0.738. The summed E-state index contributed by atoms with van der Waals surface area (Å²) in [5.74, 6) is -0.979. The number of nitrogens with zero attached hydrogens (tertiary/aromatic N) is 6. The van der Waals surface area contributed by atoms with Crippen LogP contribution in [0.25, 0.3) is 11.2 Å². The molecule has 2 unspecified atom stereocenters. The van der Waals surface area contributed by atoms with Gasteiger partial charge in [-0.3, -0.25) is 9.36 Å². The Kier molecular flexibility index (Phi) is 6.15. The van der Waals surface area contributed by atoms with E-state index in [0.29, 0.717) is 5.69 Å². The van der Waals surface area contributed by atoms with Gasteiger partial charge >= 0.3 is 7.75 Å². The van der Waals surface area contributed by atoms with Crippen LogP contribution in [-0.2, 0) is 20.5 Å². The van der Waals surface area contributed by atoms with E-state index in [9.17, 15) is 29.4 Å². The first-order valence-corrected chi connectivity index (χ1v) is 11.2. The minimum Gasteiger partial charge on any atom is -0.387 e. The van der Waals surface area contributed by atoms with Gasteiger partial charge in [0.15, 0.2) is 17.7 Å². The van der Waals surface area contributed by atoms with Crippen LogP contribution in [0.4, 0.5) is 5.82 Å². The van der Waals surface area contributed by atoms with Gasteiger partial charge in [0.2, 0.25) is 5.91 Å². The maximum atomic E-state index is 12.7. The van der Waals surface area contributed by atoms with E-state index in [1.807, 2.05) is 0 Å². The van der Waals surface area contributed by atoms with Crippen molar-refractivity contribution >= 4 is 30.6 Å². The molecule has 0 spiro atoms. The first kappa shape index (κ1) is 23.2. The molecule has 9 N–H and O–H groups in total. The van der Waals surface area contributed by atoms with Crippen LogP contribution in [-0.4, -0.2) is 91.0 Å². The van der Waals surface area contributed by atoms with Gasteiger partial charge in [0.05, 0.1) is 25.2 Å². The number of nitrogens with two attached hydrogens (primary N) is 2. The van der Waals surface area contributed by atoms with Gasteiger partial charge in [-0.2, -0.15) is 0 Å². The van der Waals surface area contributed by atoms with E-state index >= 15 is 0 Å². The highest BCUT2D eigenvalue weighted by Gasteiger charge is 2.47. The third-order valence-corrected chi connectivity index (χ3v) is 6.22. The lowest BCUT2D eigenvalue weighted by Crippen LogP contribution is -2.48. The summed E-state index contributed by atoms with van der Waals surface area (Å²) in [6.07, 6.45) is -0.536. The summed E-state index contributed by atoms with van der Waals surface area (Å²) < 4.78 is 19.2. The molecule has 0 bridgehead atoms.